The van der Waals surface area contributed by atoms with Gasteiger partial charge in [-0.15, -0.1) is 11.3 Å². The SMILES string of the molecule is CN=C(NCc1cccs1)NC1CC1(C)C. The van der Waals surface area contributed by atoms with Crippen LogP contribution in [0.15, 0.2) is 22.5 Å². The molecule has 1 aromatic heterocycles. The molecule has 0 amide bonds. The molecular weight excluding hydrogens is 218 g/mol. The van der Waals surface area contributed by atoms with E-state index < -0.39 is 0 Å². The third-order valence-electron chi connectivity index (χ3n) is 3.06. The number of hydrogen-bond acceptors (Lipinski definition) is 2. The summed E-state index contributed by atoms with van der Waals surface area (Å²) < 4.78 is 0. The minimum atomic E-state index is 0.431. The third kappa shape index (κ3) is 2.76. The van der Waals surface area contributed by atoms with Gasteiger partial charge < -0.3 is 10.6 Å². The fraction of sp³-hybridized carbons (Fsp3) is 0.583. The van der Waals surface area contributed by atoms with E-state index in [0.29, 0.717) is 11.5 Å². The number of hydrogen-bond donors (Lipinski definition) is 2. The molecule has 1 aliphatic rings. The Hall–Kier alpha value is -1.03. The summed E-state index contributed by atoms with van der Waals surface area (Å²) in [6.07, 6.45) is 1.23. The molecule has 1 aliphatic carbocycles. The first-order valence-corrected chi connectivity index (χ1v) is 6.49. The van der Waals surface area contributed by atoms with Gasteiger partial charge in [-0.05, 0) is 23.3 Å². The average Bonchev–Trinajstić information content (AvgIpc) is 2.71. The molecule has 0 aromatic carbocycles. The number of guanidine groups is 1. The number of nitrogens with zero attached hydrogens (tertiary/aromatic N) is 1. The molecule has 88 valence electrons. The van der Waals surface area contributed by atoms with Gasteiger partial charge in [-0.25, -0.2) is 0 Å². The highest BCUT2D eigenvalue weighted by Gasteiger charge is 2.46. The Bertz CT molecular complexity index is 368. The van der Waals surface area contributed by atoms with Crippen molar-refractivity contribution in [3.63, 3.8) is 0 Å². The molecule has 0 spiro atoms. The fourth-order valence-corrected chi connectivity index (χ4v) is 2.30. The topological polar surface area (TPSA) is 36.4 Å². The molecular formula is C12H19N3S. The maximum Gasteiger partial charge on any atom is 0.191 e. The molecule has 1 unspecified atom stereocenters. The van der Waals surface area contributed by atoms with Gasteiger partial charge in [0.2, 0.25) is 0 Å². The van der Waals surface area contributed by atoms with Crippen LogP contribution in [-0.4, -0.2) is 19.0 Å². The van der Waals surface area contributed by atoms with Crippen molar-refractivity contribution >= 4 is 17.3 Å². The Kier molecular flexibility index (Phi) is 3.19. The molecule has 0 aliphatic heterocycles. The Morgan fingerprint density at radius 3 is 2.88 bits per heavy atom. The molecule has 2 N–H and O–H groups in total. The van der Waals surface area contributed by atoms with Gasteiger partial charge in [-0.2, -0.15) is 0 Å². The normalized spacial score (nSPS) is 22.9. The number of thiophene rings is 1. The lowest BCUT2D eigenvalue weighted by Crippen LogP contribution is -2.39. The van der Waals surface area contributed by atoms with Crippen LogP contribution in [0.2, 0.25) is 0 Å². The van der Waals surface area contributed by atoms with Gasteiger partial charge in [0.1, 0.15) is 0 Å². The lowest BCUT2D eigenvalue weighted by molar-refractivity contribution is 0.589. The van der Waals surface area contributed by atoms with Gasteiger partial charge in [0.05, 0.1) is 6.54 Å². The van der Waals surface area contributed by atoms with Crippen molar-refractivity contribution in [1.82, 2.24) is 10.6 Å². The molecule has 1 saturated carbocycles. The second-order valence-corrected chi connectivity index (χ2v) is 5.93. The van der Waals surface area contributed by atoms with Gasteiger partial charge in [0, 0.05) is 18.0 Å². The predicted molar refractivity (Wildman–Crippen MR) is 69.8 cm³/mol. The summed E-state index contributed by atoms with van der Waals surface area (Å²) in [4.78, 5) is 5.56. The lowest BCUT2D eigenvalue weighted by Gasteiger charge is -2.12. The van der Waals surface area contributed by atoms with Gasteiger partial charge in [-0.3, -0.25) is 4.99 Å². The fourth-order valence-electron chi connectivity index (χ4n) is 1.66. The van der Waals surface area contributed by atoms with Crippen molar-refractivity contribution in [2.75, 3.05) is 7.05 Å². The minimum Gasteiger partial charge on any atom is -0.353 e. The van der Waals surface area contributed by atoms with Gasteiger partial charge in [-0.1, -0.05) is 19.9 Å². The quantitative estimate of drug-likeness (QED) is 0.624. The molecule has 16 heavy (non-hydrogen) atoms. The smallest absolute Gasteiger partial charge is 0.191 e. The minimum absolute atomic E-state index is 0.431. The average molecular weight is 237 g/mol. The van der Waals surface area contributed by atoms with Crippen LogP contribution in [0.4, 0.5) is 0 Å². The van der Waals surface area contributed by atoms with E-state index in [4.69, 9.17) is 0 Å². The molecule has 1 heterocycles. The maximum atomic E-state index is 4.23. The number of aliphatic imine (C=N–C) groups is 1. The molecule has 1 fully saturated rings. The van der Waals surface area contributed by atoms with E-state index in [9.17, 15) is 0 Å². The third-order valence-corrected chi connectivity index (χ3v) is 3.93. The highest BCUT2D eigenvalue weighted by atomic mass is 32.1. The first-order valence-electron chi connectivity index (χ1n) is 5.61. The Labute approximate surface area is 101 Å². The highest BCUT2D eigenvalue weighted by molar-refractivity contribution is 7.09. The van der Waals surface area contributed by atoms with Crippen LogP contribution in [0, 0.1) is 5.41 Å². The zero-order valence-electron chi connectivity index (χ0n) is 10.1. The van der Waals surface area contributed by atoms with Crippen molar-refractivity contribution in [2.45, 2.75) is 32.9 Å². The lowest BCUT2D eigenvalue weighted by atomic mass is 10.2. The molecule has 4 heteroatoms. The van der Waals surface area contributed by atoms with Gasteiger partial charge >= 0.3 is 0 Å². The molecule has 2 rings (SSSR count). The van der Waals surface area contributed by atoms with Crippen LogP contribution in [0.1, 0.15) is 25.1 Å². The van der Waals surface area contributed by atoms with E-state index in [0.717, 1.165) is 12.5 Å². The Morgan fingerprint density at radius 1 is 1.62 bits per heavy atom. The van der Waals surface area contributed by atoms with Crippen molar-refractivity contribution in [2.24, 2.45) is 10.4 Å². The molecule has 0 radical (unpaired) electrons. The molecule has 3 nitrogen and oxygen atoms in total. The summed E-state index contributed by atoms with van der Waals surface area (Å²) in [6, 6.07) is 4.77. The van der Waals surface area contributed by atoms with Crippen LogP contribution in [0.5, 0.6) is 0 Å². The van der Waals surface area contributed by atoms with Gasteiger partial charge in [0.25, 0.3) is 0 Å². The number of nitrogens with one attached hydrogen (secondary N) is 2. The van der Waals surface area contributed by atoms with Crippen molar-refractivity contribution in [3.8, 4) is 0 Å². The van der Waals surface area contributed by atoms with Crippen LogP contribution in [0.25, 0.3) is 0 Å². The molecule has 1 aromatic rings. The van der Waals surface area contributed by atoms with E-state index in [2.05, 4.69) is 47.0 Å². The predicted octanol–water partition coefficient (Wildman–Crippen LogP) is 2.21. The van der Waals surface area contributed by atoms with Crippen molar-refractivity contribution in [3.05, 3.63) is 22.4 Å². The van der Waals surface area contributed by atoms with E-state index in [1.165, 1.54) is 11.3 Å². The molecule has 0 bridgehead atoms. The molecule has 1 atom stereocenters. The van der Waals surface area contributed by atoms with E-state index >= 15 is 0 Å². The zero-order chi connectivity index (χ0) is 11.6. The Morgan fingerprint density at radius 2 is 2.38 bits per heavy atom. The summed E-state index contributed by atoms with van der Waals surface area (Å²) in [5, 5.41) is 8.86. The van der Waals surface area contributed by atoms with Crippen LogP contribution >= 0.6 is 11.3 Å². The van der Waals surface area contributed by atoms with Crippen molar-refractivity contribution in [1.29, 1.82) is 0 Å². The van der Waals surface area contributed by atoms with Crippen LogP contribution in [-0.2, 0) is 6.54 Å². The second kappa shape index (κ2) is 4.45. The highest BCUT2D eigenvalue weighted by Crippen LogP contribution is 2.44. The first-order chi connectivity index (χ1) is 7.62. The number of rotatable bonds is 3. The largest absolute Gasteiger partial charge is 0.353 e. The second-order valence-electron chi connectivity index (χ2n) is 4.89. The molecule has 0 saturated heterocycles. The first kappa shape index (κ1) is 11.5. The van der Waals surface area contributed by atoms with E-state index in [1.54, 1.807) is 11.3 Å². The van der Waals surface area contributed by atoms with Gasteiger partial charge in [0.15, 0.2) is 5.96 Å². The van der Waals surface area contributed by atoms with E-state index in [1.807, 2.05) is 7.05 Å². The summed E-state index contributed by atoms with van der Waals surface area (Å²) in [5.41, 5.74) is 0.431. The summed E-state index contributed by atoms with van der Waals surface area (Å²) in [5.74, 6) is 0.906. The maximum absolute atomic E-state index is 4.23. The zero-order valence-corrected chi connectivity index (χ0v) is 10.9. The monoisotopic (exact) mass is 237 g/mol. The Balaban J connectivity index is 1.79. The summed E-state index contributed by atoms with van der Waals surface area (Å²) >= 11 is 1.76. The summed E-state index contributed by atoms with van der Waals surface area (Å²) in [6.45, 7) is 5.40. The van der Waals surface area contributed by atoms with Crippen LogP contribution in [0.3, 0.4) is 0 Å². The van der Waals surface area contributed by atoms with Crippen LogP contribution < -0.4 is 10.6 Å². The van der Waals surface area contributed by atoms with E-state index in [-0.39, 0.29) is 0 Å². The standard InChI is InChI=1S/C12H19N3S/c1-12(2)7-10(12)15-11(13-3)14-8-9-5-4-6-16-9/h4-6,10H,7-8H2,1-3H3,(H2,13,14,15). The van der Waals surface area contributed by atoms with Crippen molar-refractivity contribution < 1.29 is 0 Å². The summed E-state index contributed by atoms with van der Waals surface area (Å²) in [7, 11) is 1.82.